The Balaban J connectivity index is 1.55. The van der Waals surface area contributed by atoms with E-state index in [1.807, 2.05) is 11.8 Å². The second-order valence-electron chi connectivity index (χ2n) is 21.9. The van der Waals surface area contributed by atoms with Crippen LogP contribution in [0.25, 0.3) is 0 Å². The van der Waals surface area contributed by atoms with Crippen molar-refractivity contribution in [3.63, 3.8) is 0 Å². The van der Waals surface area contributed by atoms with E-state index in [0.717, 1.165) is 0 Å². The summed E-state index contributed by atoms with van der Waals surface area (Å²) >= 11 is -1.69. The first-order chi connectivity index (χ1) is 25.3. The van der Waals surface area contributed by atoms with Crippen molar-refractivity contribution in [2.24, 2.45) is 0 Å². The first-order valence-corrected chi connectivity index (χ1v) is 28.3. The molecule has 0 bridgehead atoms. The summed E-state index contributed by atoms with van der Waals surface area (Å²) in [6, 6.07) is 34.5. The third-order valence-electron chi connectivity index (χ3n) is 12.5. The number of nitrogens with zero attached hydrogens (tertiary/aromatic N) is 2. The average Bonchev–Trinajstić information content (AvgIpc) is 3.06. The molecule has 0 saturated heterocycles. The topological polar surface area (TPSA) is 6.48 Å². The van der Waals surface area contributed by atoms with Crippen molar-refractivity contribution in [3.8, 4) is 0 Å². The molecule has 0 amide bonds. The van der Waals surface area contributed by atoms with Crippen LogP contribution in [0.3, 0.4) is 0 Å². The van der Waals surface area contributed by atoms with Gasteiger partial charge >= 0.3 is 343 Å². The summed E-state index contributed by atoms with van der Waals surface area (Å²) in [5.74, 6) is 0. The first-order valence-electron chi connectivity index (χ1n) is 20.4. The molecule has 3 aliphatic heterocycles. The van der Waals surface area contributed by atoms with Crippen LogP contribution in [-0.2, 0) is 27.1 Å². The molecule has 5 aromatic carbocycles. The van der Waals surface area contributed by atoms with Crippen molar-refractivity contribution < 1.29 is 0 Å². The Kier molecular flexibility index (Phi) is 8.57. The molecule has 0 radical (unpaired) electrons. The molecule has 0 aromatic heterocycles. The Morgan fingerprint density at radius 2 is 0.636 bits per heavy atom. The van der Waals surface area contributed by atoms with Gasteiger partial charge in [0.05, 0.1) is 0 Å². The van der Waals surface area contributed by atoms with Gasteiger partial charge in [0.25, 0.3) is 0 Å². The van der Waals surface area contributed by atoms with Gasteiger partial charge in [0.2, 0.25) is 0 Å². The zero-order valence-electron chi connectivity index (χ0n) is 36.4. The van der Waals surface area contributed by atoms with E-state index in [9.17, 15) is 0 Å². The van der Waals surface area contributed by atoms with Gasteiger partial charge in [-0.1, -0.05) is 0 Å². The molecule has 0 aliphatic carbocycles. The summed E-state index contributed by atoms with van der Waals surface area (Å²) in [4.78, 5) is 11.1. The summed E-state index contributed by atoms with van der Waals surface area (Å²) in [5.41, 5.74) is 15.1. The molecule has 0 spiro atoms. The molecule has 0 saturated carbocycles. The quantitative estimate of drug-likeness (QED) is 0.160. The van der Waals surface area contributed by atoms with Crippen LogP contribution in [0.4, 0.5) is 34.1 Å². The number of benzene rings is 5. The van der Waals surface area contributed by atoms with E-state index in [1.54, 1.807) is 10.7 Å². The van der Waals surface area contributed by atoms with Gasteiger partial charge in [-0.05, 0) is 0 Å². The summed E-state index contributed by atoms with van der Waals surface area (Å²) in [7, 11) is 0. The van der Waals surface area contributed by atoms with Crippen molar-refractivity contribution in [1.82, 2.24) is 0 Å². The van der Waals surface area contributed by atoms with Crippen LogP contribution in [0.1, 0.15) is 132 Å². The third kappa shape index (κ3) is 6.12. The Morgan fingerprint density at radius 1 is 0.364 bits per heavy atom. The van der Waals surface area contributed by atoms with Gasteiger partial charge in [0.15, 0.2) is 0 Å². The predicted octanol–water partition coefficient (Wildman–Crippen LogP) is 13.3. The molecular formula is C51H62N2SSn. The molecule has 4 heteroatoms. The summed E-state index contributed by atoms with van der Waals surface area (Å²) in [6.45, 7) is 35.3. The molecule has 0 N–H and O–H groups in total. The molecule has 55 heavy (non-hydrogen) atoms. The van der Waals surface area contributed by atoms with Gasteiger partial charge in [0.1, 0.15) is 0 Å². The third-order valence-corrected chi connectivity index (χ3v) is 27.7. The molecule has 0 fully saturated rings. The number of anilines is 6. The van der Waals surface area contributed by atoms with Crippen molar-refractivity contribution in [3.05, 3.63) is 113 Å². The fourth-order valence-corrected chi connectivity index (χ4v) is 27.0. The second-order valence-corrected chi connectivity index (χ2v) is 33.7. The van der Waals surface area contributed by atoms with Crippen LogP contribution in [-0.4, -0.2) is 18.4 Å². The van der Waals surface area contributed by atoms with Crippen LogP contribution in [0.5, 0.6) is 0 Å². The molecular weight excluding hydrogens is 791 g/mol. The molecule has 5 aromatic rings. The van der Waals surface area contributed by atoms with Crippen LogP contribution in [0.2, 0.25) is 4.94 Å². The first kappa shape index (κ1) is 38.7. The van der Waals surface area contributed by atoms with Crippen LogP contribution < -0.4 is 20.5 Å². The van der Waals surface area contributed by atoms with Gasteiger partial charge in [0, 0.05) is 0 Å². The minimum absolute atomic E-state index is 0.00422. The van der Waals surface area contributed by atoms with Gasteiger partial charge in [-0.3, -0.25) is 0 Å². The Morgan fingerprint density at radius 3 is 0.927 bits per heavy atom. The van der Waals surface area contributed by atoms with Gasteiger partial charge < -0.3 is 0 Å². The van der Waals surface area contributed by atoms with Crippen molar-refractivity contribution in [2.75, 3.05) is 9.80 Å². The molecule has 3 aliphatic rings. The Bertz CT molecular complexity index is 2210. The number of hydrogen-bond donors (Lipinski definition) is 0. The zero-order chi connectivity index (χ0) is 40.0. The Hall–Kier alpha value is -3.15. The molecule has 0 unspecified atom stereocenters. The van der Waals surface area contributed by atoms with E-state index >= 15 is 0 Å². The zero-order valence-corrected chi connectivity index (χ0v) is 40.1. The van der Waals surface area contributed by atoms with Gasteiger partial charge in [-0.2, -0.15) is 0 Å². The van der Waals surface area contributed by atoms with E-state index < -0.39 is 18.4 Å². The number of hydrogen-bond acceptors (Lipinski definition) is 3. The molecule has 2 nitrogen and oxygen atoms in total. The summed E-state index contributed by atoms with van der Waals surface area (Å²) < 4.78 is 4.89. The van der Waals surface area contributed by atoms with Crippen molar-refractivity contribution >= 4 is 75.0 Å². The molecule has 286 valence electrons. The number of rotatable bonds is 2. The predicted molar refractivity (Wildman–Crippen MR) is 244 cm³/mol. The summed E-state index contributed by atoms with van der Waals surface area (Å²) in [5, 5.41) is 0. The standard InChI is InChI=1S/C50H59N2S.CH3.Sn/c1-46(2,3)33-16-20-38(21-17-33)51-40-24-35(48(7,8)9)25-41(30-40)52(39-22-18-34(19-23-39)47(4,5)6)43-27-37(50(13,14)15)29-45(32-43)53-44-28-36(49(10,11)12)26-42(51)31-44;;/h16-29H,1-15H3;1H3;. The Labute approximate surface area is 341 Å². The minimum atomic E-state index is -3.73. The van der Waals surface area contributed by atoms with E-state index in [0.29, 0.717) is 0 Å². The van der Waals surface area contributed by atoms with E-state index in [1.165, 1.54) is 71.7 Å². The normalized spacial score (nSPS) is 16.0. The molecule has 3 heterocycles. The SMILES string of the molecule is CC(C)(C)c1ccc(N2c3cc(C(C)(C)C)cc4[c]3[Sn]3([CH3])[c]5c(cc(C(C)(C)C)cc5N(c5ccc(C(C)(C)C)cc5)c5cc(C(C)(C)C)cc2[c]53)S4)cc1. The second kappa shape index (κ2) is 12.2. The van der Waals surface area contributed by atoms with Crippen molar-refractivity contribution in [2.45, 2.75) is 146 Å². The van der Waals surface area contributed by atoms with Crippen LogP contribution in [0, 0.1) is 0 Å². The monoisotopic (exact) mass is 854 g/mol. The van der Waals surface area contributed by atoms with Crippen LogP contribution in [0.15, 0.2) is 94.7 Å². The fourth-order valence-electron chi connectivity index (χ4n) is 9.03. The molecule has 8 rings (SSSR count). The summed E-state index contributed by atoms with van der Waals surface area (Å²) in [6.07, 6.45) is 0. The molecule has 0 atom stereocenters. The fraction of sp³-hybridized carbons (Fsp3) is 0.412. The van der Waals surface area contributed by atoms with E-state index in [2.05, 4.69) is 204 Å². The maximum atomic E-state index is 2.76. The van der Waals surface area contributed by atoms with Crippen LogP contribution >= 0.6 is 11.8 Å². The van der Waals surface area contributed by atoms with E-state index in [-0.39, 0.29) is 27.1 Å². The van der Waals surface area contributed by atoms with E-state index in [4.69, 9.17) is 0 Å². The maximum absolute atomic E-state index is 3.73. The average molecular weight is 854 g/mol. The van der Waals surface area contributed by atoms with Crippen molar-refractivity contribution in [1.29, 1.82) is 0 Å². The van der Waals surface area contributed by atoms with Gasteiger partial charge in [-0.15, -0.1) is 0 Å². The van der Waals surface area contributed by atoms with Gasteiger partial charge in [-0.25, -0.2) is 0 Å².